The van der Waals surface area contributed by atoms with Gasteiger partial charge in [0.05, 0.1) is 44.4 Å². The largest absolute Gasteiger partial charge is 0.487 e. The van der Waals surface area contributed by atoms with Crippen LogP contribution in [0.2, 0.25) is 0 Å². The minimum Gasteiger partial charge on any atom is -0.487 e. The van der Waals surface area contributed by atoms with E-state index >= 15 is 0 Å². The molecular weight excluding hydrogens is 765 g/mol. The summed E-state index contributed by atoms with van der Waals surface area (Å²) in [5, 5.41) is 7.25. The minimum absolute atomic E-state index is 0.164. The van der Waals surface area contributed by atoms with Gasteiger partial charge in [-0.25, -0.2) is 19.6 Å². The molecule has 1 aliphatic heterocycles. The smallest absolute Gasteiger partial charge is 0.407 e. The summed E-state index contributed by atoms with van der Waals surface area (Å²) in [5.41, 5.74) is 6.85. The van der Waals surface area contributed by atoms with Gasteiger partial charge in [0.1, 0.15) is 36.6 Å². The number of rotatable bonds is 15. The second-order valence-electron chi connectivity index (χ2n) is 14.4. The lowest BCUT2D eigenvalue weighted by Crippen LogP contribution is -2.43. The van der Waals surface area contributed by atoms with Gasteiger partial charge in [0, 0.05) is 30.4 Å². The van der Waals surface area contributed by atoms with E-state index in [-0.39, 0.29) is 31.4 Å². The molecule has 1 aliphatic rings. The zero-order chi connectivity index (χ0) is 42.2. The first-order valence-corrected chi connectivity index (χ1v) is 19.9. The van der Waals surface area contributed by atoms with Crippen molar-refractivity contribution in [1.82, 2.24) is 40.4 Å². The number of H-pyrrole nitrogens is 2. The number of fused-ring (bicyclic) bond motifs is 4. The van der Waals surface area contributed by atoms with Crippen molar-refractivity contribution in [1.29, 1.82) is 0 Å². The van der Waals surface area contributed by atoms with Crippen LogP contribution in [0, 0.1) is 0 Å². The van der Waals surface area contributed by atoms with Crippen LogP contribution in [0.15, 0.2) is 91.1 Å². The predicted molar refractivity (Wildman–Crippen MR) is 225 cm³/mol. The molecule has 1 atom stereocenters. The number of imidazole rings is 2. The lowest BCUT2D eigenvalue weighted by molar-refractivity contribution is -0.134. The molecule has 15 heteroatoms. The molecule has 0 spiro atoms. The van der Waals surface area contributed by atoms with Gasteiger partial charge in [0.2, 0.25) is 11.8 Å². The van der Waals surface area contributed by atoms with Crippen LogP contribution in [-0.4, -0.2) is 87.6 Å². The molecule has 4 amide bonds. The first-order chi connectivity index (χ1) is 29.2. The van der Waals surface area contributed by atoms with E-state index in [4.69, 9.17) is 19.4 Å². The normalized spacial score (nSPS) is 12.1. The SMILES string of the molecule is CCCN(Cc1nc2c([nH]1)COc1cc(-c3ccc4cc(-c5c[nH]c(CN(CCC)C(=O)[C@H](NC(=O)OC)c6ccccc6)n5)ccc4c3)ccc1-2)C(=O)CNC(=O)OC. The average Bonchev–Trinajstić information content (AvgIpc) is 3.93. The summed E-state index contributed by atoms with van der Waals surface area (Å²) in [6.45, 7) is 5.62. The molecular formula is C45H48N8O7. The molecule has 0 fully saturated rings. The van der Waals surface area contributed by atoms with E-state index in [2.05, 4.69) is 61.7 Å². The molecule has 3 heterocycles. The molecule has 15 nitrogen and oxygen atoms in total. The third-order valence-electron chi connectivity index (χ3n) is 10.3. The molecule has 7 rings (SSSR count). The van der Waals surface area contributed by atoms with Crippen molar-refractivity contribution in [2.45, 2.75) is 52.4 Å². The number of carbonyl (C=O) groups is 4. The maximum atomic E-state index is 13.9. The molecule has 4 N–H and O–H groups in total. The van der Waals surface area contributed by atoms with E-state index in [1.54, 1.807) is 21.9 Å². The second-order valence-corrected chi connectivity index (χ2v) is 14.4. The number of nitrogens with zero attached hydrogens (tertiary/aromatic N) is 4. The van der Waals surface area contributed by atoms with Crippen LogP contribution in [0.25, 0.3) is 44.4 Å². The number of alkyl carbamates (subject to hydrolysis) is 2. The monoisotopic (exact) mass is 812 g/mol. The maximum Gasteiger partial charge on any atom is 0.407 e. The Hall–Kier alpha value is -7.16. The van der Waals surface area contributed by atoms with E-state index in [1.807, 2.05) is 56.4 Å². The van der Waals surface area contributed by atoms with Crippen molar-refractivity contribution in [2.24, 2.45) is 0 Å². The summed E-state index contributed by atoms with van der Waals surface area (Å²) in [6.07, 6.45) is 1.97. The van der Waals surface area contributed by atoms with E-state index in [0.29, 0.717) is 36.9 Å². The highest BCUT2D eigenvalue weighted by Crippen LogP contribution is 2.39. The zero-order valence-electron chi connectivity index (χ0n) is 34.0. The number of methoxy groups -OCH3 is 2. The number of amides is 4. The fourth-order valence-electron chi connectivity index (χ4n) is 7.29. The van der Waals surface area contributed by atoms with Gasteiger partial charge >= 0.3 is 12.2 Å². The van der Waals surface area contributed by atoms with Gasteiger partial charge in [-0.2, -0.15) is 0 Å². The predicted octanol–water partition coefficient (Wildman–Crippen LogP) is 7.11. The standard InChI is InChI=1S/C45H48N8O7/c1-5-18-52(40(54)24-47-44(56)58-3)26-39-49-36-27-60-37-22-32(16-17-34(37)42(36)50-39)30-12-13-31-21-33(15-14-29(31)20-30)35-23-46-38(48-35)25-53(19-6-2)43(55)41(51-45(57)59-4)28-10-8-7-9-11-28/h7-17,20-23,41H,5-6,18-19,24-27H2,1-4H3,(H,46,48)(H,47,56)(H,49,50)(H,51,57)/t41-/m1/s1. The molecule has 0 saturated heterocycles. The van der Waals surface area contributed by atoms with Crippen LogP contribution in [-0.2, 0) is 38.8 Å². The molecule has 6 aromatic rings. The lowest BCUT2D eigenvalue weighted by atomic mass is 9.97. The highest BCUT2D eigenvalue weighted by molar-refractivity contribution is 5.91. The highest BCUT2D eigenvalue weighted by Gasteiger charge is 2.29. The van der Waals surface area contributed by atoms with Crippen molar-refractivity contribution >= 4 is 34.8 Å². The molecule has 310 valence electrons. The van der Waals surface area contributed by atoms with Gasteiger partial charge in [-0.15, -0.1) is 0 Å². The third-order valence-corrected chi connectivity index (χ3v) is 10.3. The van der Waals surface area contributed by atoms with Crippen molar-refractivity contribution in [3.63, 3.8) is 0 Å². The van der Waals surface area contributed by atoms with Crippen molar-refractivity contribution in [2.75, 3.05) is 33.9 Å². The summed E-state index contributed by atoms with van der Waals surface area (Å²) in [4.78, 5) is 70.1. The first-order valence-electron chi connectivity index (χ1n) is 19.9. The zero-order valence-corrected chi connectivity index (χ0v) is 34.0. The average molecular weight is 813 g/mol. The number of hydrogen-bond acceptors (Lipinski definition) is 9. The Morgan fingerprint density at radius 3 is 2.18 bits per heavy atom. The molecule has 0 radical (unpaired) electrons. The van der Waals surface area contributed by atoms with Crippen LogP contribution in [0.3, 0.4) is 0 Å². The van der Waals surface area contributed by atoms with Gasteiger partial charge in [0.15, 0.2) is 0 Å². The van der Waals surface area contributed by atoms with Crippen LogP contribution in [0.4, 0.5) is 9.59 Å². The Bertz CT molecular complexity index is 2500. The Balaban J connectivity index is 1.04. The van der Waals surface area contributed by atoms with Crippen LogP contribution < -0.4 is 15.4 Å². The fourth-order valence-corrected chi connectivity index (χ4v) is 7.29. The van der Waals surface area contributed by atoms with Gasteiger partial charge < -0.3 is 44.6 Å². The third kappa shape index (κ3) is 9.25. The summed E-state index contributed by atoms with van der Waals surface area (Å²) in [6, 6.07) is 26.8. The molecule has 60 heavy (non-hydrogen) atoms. The van der Waals surface area contributed by atoms with E-state index in [0.717, 1.165) is 68.7 Å². The maximum absolute atomic E-state index is 13.9. The first kappa shape index (κ1) is 41.0. The number of ether oxygens (including phenoxy) is 3. The fraction of sp³-hybridized carbons (Fsp3) is 0.289. The van der Waals surface area contributed by atoms with Crippen LogP contribution in [0.5, 0.6) is 5.75 Å². The molecule has 0 bridgehead atoms. The number of carbonyl (C=O) groups excluding carboxylic acids is 4. The quantitative estimate of drug-likeness (QED) is 0.0840. The second kappa shape index (κ2) is 18.6. The summed E-state index contributed by atoms with van der Waals surface area (Å²) < 4.78 is 15.6. The highest BCUT2D eigenvalue weighted by atomic mass is 16.5. The van der Waals surface area contributed by atoms with Gasteiger partial charge in [-0.3, -0.25) is 9.59 Å². The Morgan fingerprint density at radius 1 is 0.783 bits per heavy atom. The summed E-state index contributed by atoms with van der Waals surface area (Å²) >= 11 is 0. The van der Waals surface area contributed by atoms with Crippen LogP contribution >= 0.6 is 0 Å². The molecule has 0 aliphatic carbocycles. The summed E-state index contributed by atoms with van der Waals surface area (Å²) in [5.74, 6) is 1.49. The number of nitrogens with one attached hydrogen (secondary N) is 4. The molecule has 0 saturated carbocycles. The number of aromatic amines is 2. The van der Waals surface area contributed by atoms with E-state index in [9.17, 15) is 19.2 Å². The van der Waals surface area contributed by atoms with Crippen LogP contribution in [0.1, 0.15) is 55.6 Å². The number of benzene rings is 4. The lowest BCUT2D eigenvalue weighted by Gasteiger charge is -2.27. The molecule has 4 aromatic carbocycles. The van der Waals surface area contributed by atoms with E-state index in [1.165, 1.54) is 14.2 Å². The molecule has 0 unspecified atom stereocenters. The van der Waals surface area contributed by atoms with Crippen molar-refractivity contribution in [3.05, 3.63) is 114 Å². The van der Waals surface area contributed by atoms with Crippen molar-refractivity contribution < 1.29 is 33.4 Å². The minimum atomic E-state index is -0.909. The van der Waals surface area contributed by atoms with Gasteiger partial charge in [0.25, 0.3) is 0 Å². The number of aromatic nitrogens is 4. The number of hydrogen-bond donors (Lipinski definition) is 4. The van der Waals surface area contributed by atoms with Crippen molar-refractivity contribution in [3.8, 4) is 39.4 Å². The Labute approximate surface area is 347 Å². The Kier molecular flexibility index (Phi) is 12.7. The topological polar surface area (TPSA) is 184 Å². The summed E-state index contributed by atoms with van der Waals surface area (Å²) in [7, 11) is 2.53. The van der Waals surface area contributed by atoms with Gasteiger partial charge in [-0.05, 0) is 64.6 Å². The van der Waals surface area contributed by atoms with E-state index < -0.39 is 18.2 Å². The van der Waals surface area contributed by atoms with Gasteiger partial charge in [-0.1, -0.05) is 74.5 Å². The Morgan fingerprint density at radius 2 is 1.45 bits per heavy atom. The molecule has 2 aromatic heterocycles.